The van der Waals surface area contributed by atoms with Crippen LogP contribution in [-0.2, 0) is 0 Å². The predicted molar refractivity (Wildman–Crippen MR) is 84.5 cm³/mol. The monoisotopic (exact) mass is 315 g/mol. The third kappa shape index (κ3) is 2.37. The normalized spacial score (nSPS) is 18.0. The second-order valence-electron chi connectivity index (χ2n) is 5.25. The summed E-state index contributed by atoms with van der Waals surface area (Å²) in [5.41, 5.74) is 0.853. The first-order valence-electron chi connectivity index (χ1n) is 7.14. The van der Waals surface area contributed by atoms with Crippen LogP contribution < -0.4 is 9.64 Å². The number of aromatic nitrogens is 2. The van der Waals surface area contributed by atoms with Gasteiger partial charge in [-0.3, -0.25) is 4.98 Å². The van der Waals surface area contributed by atoms with E-state index in [-0.39, 0.29) is 6.10 Å². The summed E-state index contributed by atoms with van der Waals surface area (Å²) in [7, 11) is 0. The molecule has 0 amide bonds. The van der Waals surface area contributed by atoms with E-state index in [2.05, 4.69) is 14.9 Å². The van der Waals surface area contributed by atoms with Crippen molar-refractivity contribution in [2.24, 2.45) is 0 Å². The summed E-state index contributed by atoms with van der Waals surface area (Å²) in [5, 5.41) is 1.57. The first-order valence-corrected chi connectivity index (χ1v) is 7.52. The van der Waals surface area contributed by atoms with E-state index >= 15 is 0 Å². The summed E-state index contributed by atoms with van der Waals surface area (Å²) in [6, 6.07) is 5.62. The Kier molecular flexibility index (Phi) is 3.35. The summed E-state index contributed by atoms with van der Waals surface area (Å²) in [6.07, 6.45) is 7.75. The summed E-state index contributed by atoms with van der Waals surface area (Å²) < 4.78 is 11.4. The molecule has 0 aliphatic carbocycles. The molecule has 1 unspecified atom stereocenters. The minimum absolute atomic E-state index is 0.0869. The van der Waals surface area contributed by atoms with Gasteiger partial charge in [0.1, 0.15) is 28.3 Å². The van der Waals surface area contributed by atoms with Gasteiger partial charge in [0.05, 0.1) is 18.2 Å². The van der Waals surface area contributed by atoms with Gasteiger partial charge in [-0.2, -0.15) is 0 Å². The van der Waals surface area contributed by atoms with Gasteiger partial charge in [-0.25, -0.2) is 4.98 Å². The smallest absolute Gasteiger partial charge is 0.141 e. The minimum atomic E-state index is 0.0869. The maximum atomic E-state index is 6.09. The second-order valence-corrected chi connectivity index (χ2v) is 5.65. The van der Waals surface area contributed by atoms with E-state index in [4.69, 9.17) is 20.8 Å². The van der Waals surface area contributed by atoms with Crippen LogP contribution in [0.5, 0.6) is 5.75 Å². The Morgan fingerprint density at radius 1 is 1.27 bits per heavy atom. The Morgan fingerprint density at radius 3 is 3.14 bits per heavy atom. The molecule has 0 radical (unpaired) electrons. The average molecular weight is 316 g/mol. The number of hydrogen-bond donors (Lipinski definition) is 0. The fraction of sp³-hybridized carbons (Fsp3) is 0.250. The topological polar surface area (TPSA) is 51.4 Å². The van der Waals surface area contributed by atoms with Crippen molar-refractivity contribution in [1.29, 1.82) is 0 Å². The highest BCUT2D eigenvalue weighted by Gasteiger charge is 2.27. The molecule has 1 aliphatic heterocycles. The molecule has 4 rings (SSSR count). The van der Waals surface area contributed by atoms with E-state index in [1.54, 1.807) is 30.9 Å². The maximum absolute atomic E-state index is 6.09. The molecule has 1 atom stereocenters. The maximum Gasteiger partial charge on any atom is 0.141 e. The van der Waals surface area contributed by atoms with Gasteiger partial charge in [0, 0.05) is 37.6 Å². The Hall–Kier alpha value is -2.27. The number of ether oxygens (including phenoxy) is 1. The molecule has 112 valence electrons. The molecule has 1 saturated heterocycles. The van der Waals surface area contributed by atoms with Crippen LogP contribution in [0, 0.1) is 0 Å². The Labute approximate surface area is 132 Å². The lowest BCUT2D eigenvalue weighted by Gasteiger charge is -2.18. The number of nitrogens with zero attached hydrogens (tertiary/aromatic N) is 3. The summed E-state index contributed by atoms with van der Waals surface area (Å²) in [4.78, 5) is 10.7. The van der Waals surface area contributed by atoms with Gasteiger partial charge in [0.25, 0.3) is 0 Å². The Bertz CT molecular complexity index is 805. The highest BCUT2D eigenvalue weighted by atomic mass is 35.5. The van der Waals surface area contributed by atoms with Crippen LogP contribution in [0.1, 0.15) is 6.42 Å². The quantitative estimate of drug-likeness (QED) is 0.740. The van der Waals surface area contributed by atoms with Crippen LogP contribution >= 0.6 is 11.6 Å². The van der Waals surface area contributed by atoms with Gasteiger partial charge >= 0.3 is 0 Å². The van der Waals surface area contributed by atoms with Crippen molar-refractivity contribution in [3.8, 4) is 5.75 Å². The summed E-state index contributed by atoms with van der Waals surface area (Å²) in [6.45, 7) is 1.67. The Morgan fingerprint density at radius 2 is 2.23 bits per heavy atom. The molecule has 3 aromatic rings. The largest absolute Gasteiger partial charge is 0.487 e. The number of fused-ring (bicyclic) bond motifs is 1. The van der Waals surface area contributed by atoms with Gasteiger partial charge in [-0.1, -0.05) is 11.6 Å². The van der Waals surface area contributed by atoms with Crippen LogP contribution in [-0.4, -0.2) is 29.2 Å². The lowest BCUT2D eigenvalue weighted by molar-refractivity contribution is 0.225. The van der Waals surface area contributed by atoms with E-state index in [9.17, 15) is 0 Å². The number of hydrogen-bond acceptors (Lipinski definition) is 5. The molecule has 0 spiro atoms. The highest BCUT2D eigenvalue weighted by molar-refractivity contribution is 6.31. The van der Waals surface area contributed by atoms with Gasteiger partial charge in [0.2, 0.25) is 0 Å². The van der Waals surface area contributed by atoms with Crippen LogP contribution in [0.3, 0.4) is 0 Å². The first kappa shape index (κ1) is 13.4. The number of anilines is 1. The van der Waals surface area contributed by atoms with E-state index in [1.165, 1.54) is 0 Å². The van der Waals surface area contributed by atoms with Gasteiger partial charge in [0.15, 0.2) is 0 Å². The molecule has 3 aromatic heterocycles. The zero-order valence-electron chi connectivity index (χ0n) is 11.8. The van der Waals surface area contributed by atoms with Crippen molar-refractivity contribution in [2.45, 2.75) is 12.5 Å². The van der Waals surface area contributed by atoms with Crippen LogP contribution in [0.25, 0.3) is 11.0 Å². The zero-order valence-corrected chi connectivity index (χ0v) is 12.5. The lowest BCUT2D eigenvalue weighted by Crippen LogP contribution is -2.25. The van der Waals surface area contributed by atoms with Crippen molar-refractivity contribution >= 4 is 28.4 Å². The standard InChI is InChI=1S/C16H14ClN3O2/c17-13-9-18-5-1-15(13)22-11-3-7-20(10-11)16-12-4-8-21-14(12)2-6-19-16/h1-2,4-6,8-9,11H,3,7,10H2. The SMILES string of the molecule is Clc1cnccc1OC1CCN(c2nccc3occc23)C1. The lowest BCUT2D eigenvalue weighted by atomic mass is 10.3. The third-order valence-corrected chi connectivity index (χ3v) is 4.12. The first-order chi connectivity index (χ1) is 10.8. The molecule has 5 nitrogen and oxygen atoms in total. The molecule has 0 N–H and O–H groups in total. The molecule has 0 aromatic carbocycles. The fourth-order valence-electron chi connectivity index (χ4n) is 2.79. The van der Waals surface area contributed by atoms with E-state index in [1.807, 2.05) is 12.1 Å². The van der Waals surface area contributed by atoms with Crippen molar-refractivity contribution < 1.29 is 9.15 Å². The molecule has 6 heteroatoms. The molecular formula is C16H14ClN3O2. The van der Waals surface area contributed by atoms with Crippen molar-refractivity contribution in [3.63, 3.8) is 0 Å². The van der Waals surface area contributed by atoms with Crippen LogP contribution in [0.15, 0.2) is 47.5 Å². The van der Waals surface area contributed by atoms with Crippen LogP contribution in [0.4, 0.5) is 5.82 Å². The third-order valence-electron chi connectivity index (χ3n) is 3.83. The van der Waals surface area contributed by atoms with Gasteiger partial charge in [-0.05, 0) is 12.1 Å². The fourth-order valence-corrected chi connectivity index (χ4v) is 2.95. The van der Waals surface area contributed by atoms with Crippen molar-refractivity contribution in [1.82, 2.24) is 9.97 Å². The molecule has 1 fully saturated rings. The van der Waals surface area contributed by atoms with Gasteiger partial charge < -0.3 is 14.1 Å². The van der Waals surface area contributed by atoms with E-state index < -0.39 is 0 Å². The molecule has 22 heavy (non-hydrogen) atoms. The highest BCUT2D eigenvalue weighted by Crippen LogP contribution is 2.30. The number of rotatable bonds is 3. The molecule has 0 saturated carbocycles. The second kappa shape index (κ2) is 5.50. The minimum Gasteiger partial charge on any atom is -0.487 e. The Balaban J connectivity index is 1.53. The summed E-state index contributed by atoms with van der Waals surface area (Å²) >= 11 is 6.09. The number of furan rings is 1. The predicted octanol–water partition coefficient (Wildman–Crippen LogP) is 3.53. The van der Waals surface area contributed by atoms with Gasteiger partial charge in [-0.15, -0.1) is 0 Å². The molecule has 4 heterocycles. The number of pyridine rings is 2. The summed E-state index contributed by atoms with van der Waals surface area (Å²) in [5.74, 6) is 1.62. The number of halogens is 1. The molecular weight excluding hydrogens is 302 g/mol. The van der Waals surface area contributed by atoms with Crippen molar-refractivity contribution in [2.75, 3.05) is 18.0 Å². The molecule has 0 bridgehead atoms. The zero-order chi connectivity index (χ0) is 14.9. The van der Waals surface area contributed by atoms with Crippen LogP contribution in [0.2, 0.25) is 5.02 Å². The average Bonchev–Trinajstić information content (AvgIpc) is 3.18. The van der Waals surface area contributed by atoms with Crippen molar-refractivity contribution in [3.05, 3.63) is 48.1 Å². The van der Waals surface area contributed by atoms with E-state index in [0.717, 1.165) is 36.3 Å². The molecule has 1 aliphatic rings. The van der Waals surface area contributed by atoms with E-state index in [0.29, 0.717) is 10.8 Å².